The number of rotatable bonds is 3. The Balaban J connectivity index is 3.14. The van der Waals surface area contributed by atoms with Gasteiger partial charge < -0.3 is 14.3 Å². The molecule has 3 heteroatoms. The molecular weight excluding hydrogens is 180 g/mol. The molecule has 0 aliphatic carbocycles. The topological polar surface area (TPSA) is 42.6 Å². The second-order valence-corrected chi connectivity index (χ2v) is 4.26. The molecule has 0 saturated carbocycles. The maximum Gasteiger partial charge on any atom is 0.118 e. The van der Waals surface area contributed by atoms with Crippen molar-refractivity contribution in [1.82, 2.24) is 0 Å². The highest BCUT2D eigenvalue weighted by Gasteiger charge is 2.42. The third-order valence-corrected chi connectivity index (χ3v) is 3.06. The van der Waals surface area contributed by atoms with E-state index in [1.165, 1.54) is 0 Å². The highest BCUT2D eigenvalue weighted by atomic mass is 16.5. The van der Waals surface area contributed by atoms with E-state index in [0.29, 0.717) is 0 Å². The zero-order chi connectivity index (χ0) is 11.0. The van der Waals surface area contributed by atoms with Crippen LogP contribution in [0.25, 0.3) is 0 Å². The van der Waals surface area contributed by atoms with Gasteiger partial charge in [-0.05, 0) is 33.3 Å². The highest BCUT2D eigenvalue weighted by Crippen LogP contribution is 2.36. The van der Waals surface area contributed by atoms with Crippen molar-refractivity contribution in [2.24, 2.45) is 0 Å². The molecule has 1 aromatic rings. The van der Waals surface area contributed by atoms with Crippen molar-refractivity contribution < 1.29 is 14.3 Å². The summed E-state index contributed by atoms with van der Waals surface area (Å²) in [5, 5.41) is 10.4. The minimum atomic E-state index is -1.06. The number of aryl methyl sites for hydroxylation is 1. The summed E-state index contributed by atoms with van der Waals surface area (Å²) in [5.74, 6) is 0. The first kappa shape index (κ1) is 11.3. The lowest BCUT2D eigenvalue weighted by Crippen LogP contribution is -2.46. The van der Waals surface area contributed by atoms with Gasteiger partial charge in [-0.15, -0.1) is 0 Å². The summed E-state index contributed by atoms with van der Waals surface area (Å²) < 4.78 is 10.3. The Morgan fingerprint density at radius 1 is 1.29 bits per heavy atom. The fraction of sp³-hybridized carbons (Fsp3) is 0.636. The number of furan rings is 1. The fourth-order valence-electron chi connectivity index (χ4n) is 1.38. The van der Waals surface area contributed by atoms with Crippen molar-refractivity contribution >= 4 is 0 Å². The van der Waals surface area contributed by atoms with Crippen LogP contribution in [0.3, 0.4) is 0 Å². The molecule has 1 heterocycles. The maximum atomic E-state index is 10.4. The van der Waals surface area contributed by atoms with Gasteiger partial charge in [0.1, 0.15) is 5.60 Å². The molecule has 0 aliphatic heterocycles. The minimum Gasteiger partial charge on any atom is -0.472 e. The van der Waals surface area contributed by atoms with Gasteiger partial charge >= 0.3 is 0 Å². The first-order chi connectivity index (χ1) is 6.33. The van der Waals surface area contributed by atoms with E-state index in [1.807, 2.05) is 20.8 Å². The van der Waals surface area contributed by atoms with Crippen LogP contribution in [-0.2, 0) is 10.3 Å². The Kier molecular flexibility index (Phi) is 2.74. The van der Waals surface area contributed by atoms with Gasteiger partial charge in [-0.3, -0.25) is 0 Å². The molecule has 1 aromatic heterocycles. The molecule has 80 valence electrons. The van der Waals surface area contributed by atoms with Crippen LogP contribution in [0.15, 0.2) is 16.9 Å². The molecule has 0 spiro atoms. The third-order valence-electron chi connectivity index (χ3n) is 3.06. The Labute approximate surface area is 84.7 Å². The summed E-state index contributed by atoms with van der Waals surface area (Å²) in [6, 6.07) is 0. The van der Waals surface area contributed by atoms with Gasteiger partial charge in [0.25, 0.3) is 0 Å². The molecule has 0 radical (unpaired) electrons. The van der Waals surface area contributed by atoms with E-state index in [4.69, 9.17) is 9.15 Å². The van der Waals surface area contributed by atoms with Gasteiger partial charge in [0.2, 0.25) is 0 Å². The lowest BCUT2D eigenvalue weighted by molar-refractivity contribution is -0.146. The molecule has 0 aliphatic rings. The summed E-state index contributed by atoms with van der Waals surface area (Å²) in [7, 11) is 1.59. The first-order valence-corrected chi connectivity index (χ1v) is 4.63. The van der Waals surface area contributed by atoms with E-state index in [-0.39, 0.29) is 0 Å². The summed E-state index contributed by atoms with van der Waals surface area (Å²) >= 11 is 0. The number of methoxy groups -OCH3 is 1. The van der Waals surface area contributed by atoms with Crippen LogP contribution < -0.4 is 0 Å². The van der Waals surface area contributed by atoms with Gasteiger partial charge in [0.05, 0.1) is 18.1 Å². The van der Waals surface area contributed by atoms with Gasteiger partial charge in [-0.2, -0.15) is 0 Å². The van der Waals surface area contributed by atoms with E-state index in [2.05, 4.69) is 0 Å². The second kappa shape index (κ2) is 3.41. The average molecular weight is 198 g/mol. The lowest BCUT2D eigenvalue weighted by Gasteiger charge is -2.38. The van der Waals surface area contributed by atoms with Gasteiger partial charge in [0.15, 0.2) is 0 Å². The zero-order valence-corrected chi connectivity index (χ0v) is 9.42. The van der Waals surface area contributed by atoms with Crippen molar-refractivity contribution in [1.29, 1.82) is 0 Å². The monoisotopic (exact) mass is 198 g/mol. The molecule has 0 saturated heterocycles. The van der Waals surface area contributed by atoms with Crippen LogP contribution in [0.5, 0.6) is 0 Å². The molecule has 1 N–H and O–H groups in total. The normalized spacial score (nSPS) is 16.7. The van der Waals surface area contributed by atoms with E-state index in [0.717, 1.165) is 11.1 Å². The minimum absolute atomic E-state index is 0.651. The molecule has 0 fully saturated rings. The highest BCUT2D eigenvalue weighted by molar-refractivity contribution is 5.28. The number of hydrogen-bond donors (Lipinski definition) is 1. The van der Waals surface area contributed by atoms with Crippen molar-refractivity contribution in [3.63, 3.8) is 0 Å². The second-order valence-electron chi connectivity index (χ2n) is 4.26. The number of hydrogen-bond acceptors (Lipinski definition) is 3. The maximum absolute atomic E-state index is 10.4. The summed E-state index contributed by atoms with van der Waals surface area (Å²) in [6.07, 6.45) is 3.19. The van der Waals surface area contributed by atoms with E-state index < -0.39 is 11.2 Å². The predicted molar refractivity (Wildman–Crippen MR) is 54.1 cm³/mol. The Morgan fingerprint density at radius 3 is 2.21 bits per heavy atom. The van der Waals surface area contributed by atoms with Gasteiger partial charge in [-0.1, -0.05) is 0 Å². The summed E-state index contributed by atoms with van der Waals surface area (Å²) in [6.45, 7) is 7.33. The van der Waals surface area contributed by atoms with Crippen molar-refractivity contribution in [2.45, 2.75) is 38.9 Å². The Hall–Kier alpha value is -0.800. The van der Waals surface area contributed by atoms with E-state index >= 15 is 0 Å². The van der Waals surface area contributed by atoms with E-state index in [9.17, 15) is 5.11 Å². The molecule has 1 rings (SSSR count). The molecule has 1 unspecified atom stereocenters. The van der Waals surface area contributed by atoms with Crippen LogP contribution in [0.4, 0.5) is 0 Å². The Bertz CT molecular complexity index is 310. The molecule has 0 bridgehead atoms. The first-order valence-electron chi connectivity index (χ1n) is 4.63. The van der Waals surface area contributed by atoms with Crippen LogP contribution >= 0.6 is 0 Å². The SMILES string of the molecule is COC(C)(C)C(C)(O)c1cocc1C. The Morgan fingerprint density at radius 2 is 1.86 bits per heavy atom. The predicted octanol–water partition coefficient (Wildman–Crippen LogP) is 2.22. The zero-order valence-electron chi connectivity index (χ0n) is 9.42. The van der Waals surface area contributed by atoms with Crippen LogP contribution in [0, 0.1) is 6.92 Å². The van der Waals surface area contributed by atoms with Crippen LogP contribution in [0.2, 0.25) is 0 Å². The van der Waals surface area contributed by atoms with Gasteiger partial charge in [0, 0.05) is 12.7 Å². The van der Waals surface area contributed by atoms with Crippen molar-refractivity contribution in [3.8, 4) is 0 Å². The largest absolute Gasteiger partial charge is 0.472 e. The summed E-state index contributed by atoms with van der Waals surface area (Å²) in [4.78, 5) is 0. The van der Waals surface area contributed by atoms with Crippen LogP contribution in [-0.4, -0.2) is 17.8 Å². The third kappa shape index (κ3) is 1.57. The molecule has 14 heavy (non-hydrogen) atoms. The fourth-order valence-corrected chi connectivity index (χ4v) is 1.38. The molecule has 3 nitrogen and oxygen atoms in total. The quantitative estimate of drug-likeness (QED) is 0.809. The van der Waals surface area contributed by atoms with Gasteiger partial charge in [-0.25, -0.2) is 0 Å². The summed E-state index contributed by atoms with van der Waals surface area (Å²) in [5.41, 5.74) is -0.00928. The smallest absolute Gasteiger partial charge is 0.118 e. The van der Waals surface area contributed by atoms with Crippen LogP contribution in [0.1, 0.15) is 31.9 Å². The molecular formula is C11H18O3. The molecule has 0 aromatic carbocycles. The lowest BCUT2D eigenvalue weighted by atomic mass is 9.81. The van der Waals surface area contributed by atoms with Crippen molar-refractivity contribution in [2.75, 3.05) is 7.11 Å². The molecule has 1 atom stereocenters. The average Bonchev–Trinajstić information content (AvgIpc) is 2.51. The standard InChI is InChI=1S/C11H18O3/c1-8-6-14-7-9(8)11(4,12)10(2,3)13-5/h6-7,12H,1-5H3. The number of ether oxygens (including phenoxy) is 1. The van der Waals surface area contributed by atoms with Crippen molar-refractivity contribution in [3.05, 3.63) is 23.7 Å². The number of aliphatic hydroxyl groups is 1. The molecule has 0 amide bonds. The van der Waals surface area contributed by atoms with E-state index in [1.54, 1.807) is 26.6 Å².